The molecule has 3 N–H and O–H groups in total. The van der Waals surface area contributed by atoms with Crippen molar-refractivity contribution in [2.24, 2.45) is 0 Å². The molecule has 1 fully saturated rings. The summed E-state index contributed by atoms with van der Waals surface area (Å²) in [7, 11) is 0. The maximum Gasteiger partial charge on any atom is 0.315 e. The molecule has 1 saturated heterocycles. The van der Waals surface area contributed by atoms with Crippen LogP contribution in [0.4, 0.5) is 4.79 Å². The number of rotatable bonds is 5. The number of benzene rings is 1. The van der Waals surface area contributed by atoms with Gasteiger partial charge < -0.3 is 16.0 Å². The molecule has 0 saturated carbocycles. The Kier molecular flexibility index (Phi) is 5.69. The number of aryl methyl sites for hydroxylation is 1. The van der Waals surface area contributed by atoms with Crippen LogP contribution in [0.15, 0.2) is 36.4 Å². The molecule has 144 valence electrons. The Morgan fingerprint density at radius 1 is 1.26 bits per heavy atom. The number of nitrogens with one attached hydrogen (secondary N) is 3. The topological polar surface area (TPSA) is 74.2 Å². The predicted octanol–water partition coefficient (Wildman–Crippen LogP) is 1.45. The maximum atomic E-state index is 12.2. The van der Waals surface area contributed by atoms with Crippen LogP contribution in [0.1, 0.15) is 29.8 Å². The minimum absolute atomic E-state index is 0.108. The minimum atomic E-state index is -0.108. The van der Waals surface area contributed by atoms with E-state index in [1.807, 2.05) is 10.7 Å². The lowest BCUT2D eigenvalue weighted by molar-refractivity contribution is 0.235. The van der Waals surface area contributed by atoms with Crippen molar-refractivity contribution in [1.82, 2.24) is 30.6 Å². The van der Waals surface area contributed by atoms with Gasteiger partial charge in [0, 0.05) is 38.8 Å². The second kappa shape index (κ2) is 8.54. The zero-order valence-electron chi connectivity index (χ0n) is 15.7. The van der Waals surface area contributed by atoms with Crippen LogP contribution in [0.3, 0.4) is 0 Å². The summed E-state index contributed by atoms with van der Waals surface area (Å²) < 4.78 is 2.05. The van der Waals surface area contributed by atoms with Gasteiger partial charge in [0.1, 0.15) is 0 Å². The summed E-state index contributed by atoms with van der Waals surface area (Å²) in [4.78, 5) is 14.6. The highest BCUT2D eigenvalue weighted by Crippen LogP contribution is 2.13. The molecule has 2 aliphatic heterocycles. The summed E-state index contributed by atoms with van der Waals surface area (Å²) in [6.07, 6.45) is 2.08. The van der Waals surface area contributed by atoms with E-state index < -0.39 is 0 Å². The molecular formula is C20H28N6O. The number of nitrogens with zero attached hydrogens (tertiary/aromatic N) is 3. The quantitative estimate of drug-likeness (QED) is 0.747. The van der Waals surface area contributed by atoms with Crippen molar-refractivity contribution in [3.8, 4) is 0 Å². The number of carbonyl (C=O) groups excluding carboxylic acids is 1. The van der Waals surface area contributed by atoms with Gasteiger partial charge in [0.15, 0.2) is 0 Å². The van der Waals surface area contributed by atoms with Crippen molar-refractivity contribution in [3.05, 3.63) is 53.3 Å². The van der Waals surface area contributed by atoms with Gasteiger partial charge in [-0.25, -0.2) is 4.79 Å². The highest BCUT2D eigenvalue weighted by molar-refractivity contribution is 5.74. The molecule has 7 heteroatoms. The van der Waals surface area contributed by atoms with Crippen LogP contribution >= 0.6 is 0 Å². The van der Waals surface area contributed by atoms with Crippen LogP contribution in [0.25, 0.3) is 0 Å². The Hall–Kier alpha value is -2.38. The smallest absolute Gasteiger partial charge is 0.315 e. The Balaban J connectivity index is 1.21. The van der Waals surface area contributed by atoms with Gasteiger partial charge in [0.05, 0.1) is 17.9 Å². The van der Waals surface area contributed by atoms with E-state index in [1.165, 1.54) is 11.3 Å². The Morgan fingerprint density at radius 2 is 2.15 bits per heavy atom. The number of amides is 2. The van der Waals surface area contributed by atoms with Crippen LogP contribution in [0, 0.1) is 0 Å². The molecule has 0 unspecified atom stereocenters. The minimum Gasteiger partial charge on any atom is -0.334 e. The molecule has 2 aromatic rings. The van der Waals surface area contributed by atoms with Crippen molar-refractivity contribution >= 4 is 6.03 Å². The zero-order valence-corrected chi connectivity index (χ0v) is 15.7. The first-order valence-corrected chi connectivity index (χ1v) is 9.83. The second-order valence-electron chi connectivity index (χ2n) is 7.41. The van der Waals surface area contributed by atoms with E-state index in [1.54, 1.807) is 0 Å². The van der Waals surface area contributed by atoms with E-state index in [4.69, 9.17) is 0 Å². The molecule has 2 amide bonds. The zero-order chi connectivity index (χ0) is 18.5. The third-order valence-corrected chi connectivity index (χ3v) is 5.23. The summed E-state index contributed by atoms with van der Waals surface area (Å²) in [5, 5.41) is 14.0. The van der Waals surface area contributed by atoms with Crippen molar-refractivity contribution < 1.29 is 4.79 Å². The van der Waals surface area contributed by atoms with E-state index >= 15 is 0 Å². The summed E-state index contributed by atoms with van der Waals surface area (Å²) in [5.41, 5.74) is 3.43. The van der Waals surface area contributed by atoms with Gasteiger partial charge in [-0.2, -0.15) is 5.10 Å². The van der Waals surface area contributed by atoms with Gasteiger partial charge in [-0.05, 0) is 31.0 Å². The monoisotopic (exact) mass is 368 g/mol. The van der Waals surface area contributed by atoms with Gasteiger partial charge in [-0.1, -0.05) is 30.3 Å². The van der Waals surface area contributed by atoms with Crippen molar-refractivity contribution in [3.63, 3.8) is 0 Å². The fourth-order valence-corrected chi connectivity index (χ4v) is 3.85. The first-order chi connectivity index (χ1) is 13.3. The van der Waals surface area contributed by atoms with Gasteiger partial charge in [-0.3, -0.25) is 9.58 Å². The fourth-order valence-electron chi connectivity index (χ4n) is 3.85. The lowest BCUT2D eigenvalue weighted by Crippen LogP contribution is -2.43. The number of likely N-dealkylation sites (tertiary alicyclic amines) is 1. The third kappa shape index (κ3) is 4.87. The van der Waals surface area contributed by atoms with Crippen LogP contribution in [-0.4, -0.2) is 46.4 Å². The summed E-state index contributed by atoms with van der Waals surface area (Å²) in [5.74, 6) is 0. The van der Waals surface area contributed by atoms with Crippen molar-refractivity contribution in [2.45, 2.75) is 45.1 Å². The van der Waals surface area contributed by atoms with Crippen LogP contribution < -0.4 is 16.0 Å². The highest BCUT2D eigenvalue weighted by Gasteiger charge is 2.23. The largest absolute Gasteiger partial charge is 0.334 e. The van der Waals surface area contributed by atoms with Gasteiger partial charge in [0.25, 0.3) is 0 Å². The fraction of sp³-hybridized carbons (Fsp3) is 0.500. The number of aromatic nitrogens is 2. The number of hydrogen-bond donors (Lipinski definition) is 3. The molecule has 0 bridgehead atoms. The van der Waals surface area contributed by atoms with Gasteiger partial charge in [-0.15, -0.1) is 0 Å². The maximum absolute atomic E-state index is 12.2. The highest BCUT2D eigenvalue weighted by atomic mass is 16.2. The van der Waals surface area contributed by atoms with E-state index in [2.05, 4.69) is 56.3 Å². The summed E-state index contributed by atoms with van der Waals surface area (Å²) in [6, 6.07) is 12.6. The van der Waals surface area contributed by atoms with Crippen molar-refractivity contribution in [2.75, 3.05) is 19.6 Å². The summed E-state index contributed by atoms with van der Waals surface area (Å²) >= 11 is 0. The average molecular weight is 368 g/mol. The normalized spacial score (nSPS) is 20.1. The van der Waals surface area contributed by atoms with E-state index in [-0.39, 0.29) is 12.1 Å². The third-order valence-electron chi connectivity index (χ3n) is 5.23. The number of carbonyl (C=O) groups is 1. The van der Waals surface area contributed by atoms with E-state index in [0.29, 0.717) is 6.54 Å². The Morgan fingerprint density at radius 3 is 3.04 bits per heavy atom. The molecule has 3 heterocycles. The molecule has 7 nitrogen and oxygen atoms in total. The molecular weight excluding hydrogens is 340 g/mol. The van der Waals surface area contributed by atoms with Crippen LogP contribution in [0.5, 0.6) is 0 Å². The molecule has 0 spiro atoms. The number of urea groups is 1. The van der Waals surface area contributed by atoms with Crippen molar-refractivity contribution in [1.29, 1.82) is 0 Å². The van der Waals surface area contributed by atoms with E-state index in [9.17, 15) is 4.79 Å². The van der Waals surface area contributed by atoms with Crippen LogP contribution in [0.2, 0.25) is 0 Å². The van der Waals surface area contributed by atoms with Crippen LogP contribution in [-0.2, 0) is 26.2 Å². The predicted molar refractivity (Wildman–Crippen MR) is 104 cm³/mol. The second-order valence-corrected chi connectivity index (χ2v) is 7.41. The standard InChI is InChI=1S/C20H28N6O/c27-20(22-12-18-11-19-13-21-8-4-9-26(19)24-18)23-17-7-10-25(15-17)14-16-5-2-1-3-6-16/h1-3,5-6,11,17,21H,4,7-10,12-15H2,(H2,22,23,27)/t17-/m1/s1. The molecule has 2 aliphatic rings. The molecule has 1 aromatic heterocycles. The first kappa shape index (κ1) is 18.0. The number of hydrogen-bond acceptors (Lipinski definition) is 4. The van der Waals surface area contributed by atoms with E-state index in [0.717, 1.165) is 57.8 Å². The molecule has 1 atom stereocenters. The molecule has 0 aliphatic carbocycles. The summed E-state index contributed by atoms with van der Waals surface area (Å²) in [6.45, 7) is 6.13. The molecule has 27 heavy (non-hydrogen) atoms. The Labute approximate surface area is 160 Å². The number of fused-ring (bicyclic) bond motifs is 1. The van der Waals surface area contributed by atoms with Gasteiger partial charge >= 0.3 is 6.03 Å². The average Bonchev–Trinajstić information content (AvgIpc) is 3.21. The lowest BCUT2D eigenvalue weighted by atomic mass is 10.2. The Bertz CT molecular complexity index is 736. The molecule has 4 rings (SSSR count). The molecule has 1 aromatic carbocycles. The molecule has 0 radical (unpaired) electrons. The lowest BCUT2D eigenvalue weighted by Gasteiger charge is -2.17. The van der Waals surface area contributed by atoms with Gasteiger partial charge in [0.2, 0.25) is 0 Å². The first-order valence-electron chi connectivity index (χ1n) is 9.83. The SMILES string of the molecule is O=C(NCc1cc2n(n1)CCCNC2)N[C@@H]1CCN(Cc2ccccc2)C1.